The van der Waals surface area contributed by atoms with E-state index in [1.165, 1.54) is 31.7 Å². The van der Waals surface area contributed by atoms with Crippen LogP contribution in [0.2, 0.25) is 0 Å². The second kappa shape index (κ2) is 8.94. The van der Waals surface area contributed by atoms with Crippen LogP contribution < -0.4 is 9.47 Å². The number of ether oxygens (including phenoxy) is 2. The van der Waals surface area contributed by atoms with Crippen LogP contribution in [-0.4, -0.2) is 53.9 Å². The molecule has 27 heavy (non-hydrogen) atoms. The fraction of sp³-hybridized carbons (Fsp3) is 0.421. The molecule has 0 unspecified atom stereocenters. The lowest BCUT2D eigenvalue weighted by Gasteiger charge is -2.20. The van der Waals surface area contributed by atoms with Crippen LogP contribution in [0.25, 0.3) is 6.08 Å². The van der Waals surface area contributed by atoms with E-state index in [0.29, 0.717) is 16.4 Å². The van der Waals surface area contributed by atoms with Gasteiger partial charge in [0, 0.05) is 13.1 Å². The van der Waals surface area contributed by atoms with Crippen LogP contribution in [0.5, 0.6) is 11.5 Å². The van der Waals surface area contributed by atoms with E-state index < -0.39 is 12.6 Å². The Hall–Kier alpha value is -2.48. The summed E-state index contributed by atoms with van der Waals surface area (Å²) in [6.07, 6.45) is 6.47. The van der Waals surface area contributed by atoms with Gasteiger partial charge in [-0.3, -0.25) is 4.79 Å². The van der Waals surface area contributed by atoms with Crippen LogP contribution in [0.15, 0.2) is 28.1 Å². The highest BCUT2D eigenvalue weighted by Gasteiger charge is 2.26. The van der Waals surface area contributed by atoms with Gasteiger partial charge in [0.15, 0.2) is 23.3 Å². The smallest absolute Gasteiger partial charge is 0.341 e. The number of amides is 1. The molecule has 0 aromatic heterocycles. The van der Waals surface area contributed by atoms with Crippen molar-refractivity contribution in [2.45, 2.75) is 25.7 Å². The second-order valence-electron chi connectivity index (χ2n) is 6.30. The number of amidine groups is 1. The van der Waals surface area contributed by atoms with Crippen molar-refractivity contribution in [2.24, 2.45) is 4.99 Å². The molecule has 8 heteroatoms. The summed E-state index contributed by atoms with van der Waals surface area (Å²) < 4.78 is 10.5. The number of aliphatic carboxylic acids is 1. The monoisotopic (exact) mass is 390 g/mol. The number of nitrogens with zero attached hydrogens (tertiary/aromatic N) is 2. The van der Waals surface area contributed by atoms with Crippen molar-refractivity contribution in [1.29, 1.82) is 0 Å². The molecule has 0 atom stereocenters. The van der Waals surface area contributed by atoms with Crippen molar-refractivity contribution in [3.05, 3.63) is 28.7 Å². The maximum Gasteiger partial charge on any atom is 0.341 e. The molecule has 144 valence electrons. The fourth-order valence-electron chi connectivity index (χ4n) is 2.98. The largest absolute Gasteiger partial charge is 0.493 e. The quantitative estimate of drug-likeness (QED) is 0.773. The predicted octanol–water partition coefficient (Wildman–Crippen LogP) is 3.00. The Balaban J connectivity index is 1.73. The number of carboxylic acid groups (broad SMARTS) is 1. The Bertz CT molecular complexity index is 782. The van der Waals surface area contributed by atoms with E-state index in [-0.39, 0.29) is 5.91 Å². The Morgan fingerprint density at radius 3 is 2.67 bits per heavy atom. The fourth-order valence-corrected chi connectivity index (χ4v) is 3.94. The number of hydrogen-bond donors (Lipinski definition) is 1. The summed E-state index contributed by atoms with van der Waals surface area (Å²) in [6, 6.07) is 5.10. The Morgan fingerprint density at radius 1 is 1.26 bits per heavy atom. The lowest BCUT2D eigenvalue weighted by atomic mass is 10.2. The molecular formula is C19H22N2O5S. The summed E-state index contributed by atoms with van der Waals surface area (Å²) >= 11 is 1.40. The molecule has 2 aliphatic heterocycles. The highest BCUT2D eigenvalue weighted by atomic mass is 32.2. The summed E-state index contributed by atoms with van der Waals surface area (Å²) in [6.45, 7) is 1.43. The van der Waals surface area contributed by atoms with Crippen LogP contribution >= 0.6 is 11.8 Å². The average Bonchev–Trinajstić information content (AvgIpc) is 2.86. The van der Waals surface area contributed by atoms with Gasteiger partial charge in [-0.25, -0.2) is 4.79 Å². The summed E-state index contributed by atoms with van der Waals surface area (Å²) in [4.78, 5) is 29.9. The molecule has 0 saturated carbocycles. The third-order valence-electron chi connectivity index (χ3n) is 4.32. The standard InChI is InChI=1S/C19H22N2O5S/c1-25-15-10-13(6-7-14(15)26-12-17(22)23)11-16-18(24)20-19(27-16)21-8-4-2-3-5-9-21/h6-7,10-11H,2-5,8-9,12H2,1H3,(H,22,23)/b16-11-. The van der Waals surface area contributed by atoms with Crippen molar-refractivity contribution in [3.63, 3.8) is 0 Å². The highest BCUT2D eigenvalue weighted by Crippen LogP contribution is 2.33. The topological polar surface area (TPSA) is 88.4 Å². The molecule has 0 bridgehead atoms. The molecule has 0 aliphatic carbocycles. The molecule has 1 aromatic carbocycles. The summed E-state index contributed by atoms with van der Waals surface area (Å²) in [5.41, 5.74) is 0.762. The number of benzene rings is 1. The third-order valence-corrected chi connectivity index (χ3v) is 5.37. The molecule has 0 radical (unpaired) electrons. The molecule has 2 heterocycles. The van der Waals surface area contributed by atoms with Crippen molar-refractivity contribution < 1.29 is 24.2 Å². The Labute approximate surface area is 162 Å². The number of carbonyl (C=O) groups is 2. The van der Waals surface area contributed by atoms with Gasteiger partial charge in [0.25, 0.3) is 5.91 Å². The minimum Gasteiger partial charge on any atom is -0.493 e. The van der Waals surface area contributed by atoms with Gasteiger partial charge in [-0.2, -0.15) is 4.99 Å². The number of carbonyl (C=O) groups excluding carboxylic acids is 1. The second-order valence-corrected chi connectivity index (χ2v) is 7.31. The molecule has 1 saturated heterocycles. The first-order chi connectivity index (χ1) is 13.1. The zero-order valence-corrected chi connectivity index (χ0v) is 16.0. The Morgan fingerprint density at radius 2 is 2.00 bits per heavy atom. The van der Waals surface area contributed by atoms with E-state index in [1.54, 1.807) is 24.3 Å². The number of likely N-dealkylation sites (tertiary alicyclic amines) is 1. The lowest BCUT2D eigenvalue weighted by molar-refractivity contribution is -0.139. The average molecular weight is 390 g/mol. The van der Waals surface area contributed by atoms with Crippen LogP contribution in [-0.2, 0) is 9.59 Å². The summed E-state index contributed by atoms with van der Waals surface area (Å²) in [5, 5.41) is 9.51. The number of thioether (sulfide) groups is 1. The zero-order chi connectivity index (χ0) is 19.2. The molecular weight excluding hydrogens is 368 g/mol. The summed E-state index contributed by atoms with van der Waals surface area (Å²) in [5.74, 6) is -0.539. The molecule has 2 aliphatic rings. The maximum absolute atomic E-state index is 12.3. The van der Waals surface area contributed by atoms with Crippen LogP contribution in [0.3, 0.4) is 0 Å². The van der Waals surface area contributed by atoms with Crippen LogP contribution in [0.4, 0.5) is 0 Å². The summed E-state index contributed by atoms with van der Waals surface area (Å²) in [7, 11) is 1.48. The van der Waals surface area contributed by atoms with Gasteiger partial charge in [0.2, 0.25) is 0 Å². The molecule has 1 fully saturated rings. The molecule has 7 nitrogen and oxygen atoms in total. The molecule has 1 N–H and O–H groups in total. The van der Waals surface area contributed by atoms with E-state index in [9.17, 15) is 9.59 Å². The van der Waals surface area contributed by atoms with Crippen molar-refractivity contribution in [2.75, 3.05) is 26.8 Å². The van der Waals surface area contributed by atoms with Gasteiger partial charge in [-0.05, 0) is 48.4 Å². The van der Waals surface area contributed by atoms with Gasteiger partial charge in [0.05, 0.1) is 12.0 Å². The molecule has 0 spiro atoms. The number of rotatable bonds is 5. The highest BCUT2D eigenvalue weighted by molar-refractivity contribution is 8.18. The zero-order valence-electron chi connectivity index (χ0n) is 15.1. The third kappa shape index (κ3) is 5.03. The maximum atomic E-state index is 12.3. The van der Waals surface area contributed by atoms with E-state index >= 15 is 0 Å². The first-order valence-electron chi connectivity index (χ1n) is 8.87. The van der Waals surface area contributed by atoms with Crippen LogP contribution in [0.1, 0.15) is 31.2 Å². The van der Waals surface area contributed by atoms with Crippen molar-refractivity contribution in [3.8, 4) is 11.5 Å². The van der Waals surface area contributed by atoms with E-state index in [2.05, 4.69) is 9.89 Å². The van der Waals surface area contributed by atoms with Gasteiger partial charge >= 0.3 is 5.97 Å². The van der Waals surface area contributed by atoms with Gasteiger partial charge < -0.3 is 19.5 Å². The number of aliphatic imine (C=N–C) groups is 1. The van der Waals surface area contributed by atoms with Crippen LogP contribution in [0, 0.1) is 0 Å². The number of hydrogen-bond acceptors (Lipinski definition) is 6. The molecule has 1 amide bonds. The number of carboxylic acids is 1. The minimum atomic E-state index is -1.06. The Kier molecular flexibility index (Phi) is 6.39. The van der Waals surface area contributed by atoms with E-state index in [0.717, 1.165) is 36.7 Å². The molecule has 3 rings (SSSR count). The van der Waals surface area contributed by atoms with Crippen molar-refractivity contribution in [1.82, 2.24) is 4.90 Å². The first kappa shape index (κ1) is 19.3. The lowest BCUT2D eigenvalue weighted by Crippen LogP contribution is -2.28. The van der Waals surface area contributed by atoms with Crippen molar-refractivity contribution >= 4 is 34.9 Å². The van der Waals surface area contributed by atoms with Gasteiger partial charge in [-0.1, -0.05) is 18.9 Å². The van der Waals surface area contributed by atoms with Gasteiger partial charge in [-0.15, -0.1) is 0 Å². The first-order valence-corrected chi connectivity index (χ1v) is 9.68. The minimum absolute atomic E-state index is 0.232. The van der Waals surface area contributed by atoms with E-state index in [4.69, 9.17) is 14.6 Å². The SMILES string of the molecule is COc1cc(/C=C2\SC(N3CCCCCC3)=NC2=O)ccc1OCC(=O)O. The predicted molar refractivity (Wildman–Crippen MR) is 104 cm³/mol. The van der Waals surface area contributed by atoms with Gasteiger partial charge in [0.1, 0.15) is 0 Å². The molecule has 1 aromatic rings. The number of methoxy groups -OCH3 is 1. The normalized spacial score (nSPS) is 19.0. The van der Waals surface area contributed by atoms with E-state index in [1.807, 2.05) is 0 Å².